The zero-order chi connectivity index (χ0) is 19.5. The second-order valence-corrected chi connectivity index (χ2v) is 8.01. The van der Waals surface area contributed by atoms with Crippen molar-refractivity contribution in [2.75, 3.05) is 38.2 Å². The van der Waals surface area contributed by atoms with Crippen molar-refractivity contribution in [3.8, 4) is 5.75 Å². The Morgan fingerprint density at radius 2 is 1.93 bits per heavy atom. The summed E-state index contributed by atoms with van der Waals surface area (Å²) in [6.07, 6.45) is 3.56. The molecule has 1 aromatic rings. The zero-order valence-electron chi connectivity index (χ0n) is 16.0. The number of halogens is 1. The topological polar surface area (TPSA) is 67.9 Å². The second kappa shape index (κ2) is 8.47. The van der Waals surface area contributed by atoms with Crippen molar-refractivity contribution in [3.05, 3.63) is 24.0 Å². The van der Waals surface area contributed by atoms with Gasteiger partial charge in [0.05, 0.1) is 12.3 Å². The number of amides is 2. The molecule has 152 valence electrons. The van der Waals surface area contributed by atoms with E-state index in [1.54, 1.807) is 6.07 Å². The van der Waals surface area contributed by atoms with Gasteiger partial charge in [-0.2, -0.15) is 0 Å². The number of carbonyl (C=O) groups is 2. The Kier molecular flexibility index (Phi) is 5.80. The van der Waals surface area contributed by atoms with Gasteiger partial charge in [0.1, 0.15) is 11.6 Å². The molecule has 28 heavy (non-hydrogen) atoms. The molecule has 0 unspecified atom stereocenters. The van der Waals surface area contributed by atoms with Gasteiger partial charge in [-0.1, -0.05) is 0 Å². The molecule has 3 heterocycles. The summed E-state index contributed by atoms with van der Waals surface area (Å²) < 4.78 is 24.7. The monoisotopic (exact) mass is 390 g/mol. The van der Waals surface area contributed by atoms with Gasteiger partial charge < -0.3 is 19.7 Å². The van der Waals surface area contributed by atoms with Crippen LogP contribution in [0.15, 0.2) is 18.2 Å². The fourth-order valence-corrected chi connectivity index (χ4v) is 4.56. The molecule has 0 aliphatic carbocycles. The molecular formula is C21H27FN2O4. The van der Waals surface area contributed by atoms with Crippen LogP contribution in [-0.4, -0.2) is 49.6 Å². The maximum atomic E-state index is 13.5. The maximum absolute atomic E-state index is 13.5. The third-order valence-corrected chi connectivity index (χ3v) is 6.18. The Morgan fingerprint density at radius 1 is 1.11 bits per heavy atom. The standard InChI is InChI=1S/C21H27FN2O4/c22-17-1-2-19-18(12-17)23-20(25)11-15-3-7-24(13-16(15)6-10-28-19)21(26)14-4-8-27-9-5-14/h1-2,12,14-16H,3-11,13H2,(H,23,25)/t15-,16-/m0/s1. The van der Waals surface area contributed by atoms with Crippen molar-refractivity contribution in [2.45, 2.75) is 32.1 Å². The molecular weight excluding hydrogens is 363 g/mol. The van der Waals surface area contributed by atoms with Crippen LogP contribution in [0.3, 0.4) is 0 Å². The summed E-state index contributed by atoms with van der Waals surface area (Å²) in [5, 5.41) is 2.79. The summed E-state index contributed by atoms with van der Waals surface area (Å²) in [7, 11) is 0. The number of piperidine rings is 1. The van der Waals surface area contributed by atoms with E-state index >= 15 is 0 Å². The molecule has 6 nitrogen and oxygen atoms in total. The van der Waals surface area contributed by atoms with Crippen LogP contribution in [0.1, 0.15) is 32.1 Å². The highest BCUT2D eigenvalue weighted by Crippen LogP contribution is 2.34. The molecule has 2 amide bonds. The van der Waals surface area contributed by atoms with E-state index in [0.717, 1.165) is 25.7 Å². The highest BCUT2D eigenvalue weighted by atomic mass is 19.1. The number of anilines is 1. The molecule has 0 spiro atoms. The van der Waals surface area contributed by atoms with E-state index < -0.39 is 5.82 Å². The first kappa shape index (κ1) is 19.2. The van der Waals surface area contributed by atoms with Gasteiger partial charge in [-0.25, -0.2) is 4.39 Å². The van der Waals surface area contributed by atoms with Crippen LogP contribution in [0, 0.1) is 23.6 Å². The number of likely N-dealkylation sites (tertiary alicyclic amines) is 1. The van der Waals surface area contributed by atoms with E-state index in [1.165, 1.54) is 12.1 Å². The summed E-state index contributed by atoms with van der Waals surface area (Å²) >= 11 is 0. The van der Waals surface area contributed by atoms with Gasteiger partial charge in [-0.05, 0) is 49.7 Å². The normalized spacial score (nSPS) is 26.5. The van der Waals surface area contributed by atoms with Crippen LogP contribution in [0.25, 0.3) is 0 Å². The minimum absolute atomic E-state index is 0.0613. The van der Waals surface area contributed by atoms with E-state index in [9.17, 15) is 14.0 Å². The third kappa shape index (κ3) is 4.29. The molecule has 2 atom stereocenters. The van der Waals surface area contributed by atoms with Gasteiger partial charge in [0.25, 0.3) is 0 Å². The fourth-order valence-electron chi connectivity index (χ4n) is 4.56. The Bertz CT molecular complexity index is 735. The van der Waals surface area contributed by atoms with Crippen LogP contribution >= 0.6 is 0 Å². The molecule has 0 aromatic heterocycles. The minimum Gasteiger partial charge on any atom is -0.491 e. The number of hydrogen-bond donors (Lipinski definition) is 1. The molecule has 1 aromatic carbocycles. The Labute approximate surface area is 164 Å². The smallest absolute Gasteiger partial charge is 0.225 e. The van der Waals surface area contributed by atoms with E-state index in [1.807, 2.05) is 4.90 Å². The lowest BCUT2D eigenvalue weighted by atomic mass is 9.80. The van der Waals surface area contributed by atoms with Gasteiger partial charge in [0, 0.05) is 44.7 Å². The first-order valence-corrected chi connectivity index (χ1v) is 10.2. The predicted octanol–water partition coefficient (Wildman–Crippen LogP) is 2.83. The van der Waals surface area contributed by atoms with Crippen LogP contribution < -0.4 is 10.1 Å². The van der Waals surface area contributed by atoms with Crippen LogP contribution in [0.4, 0.5) is 10.1 Å². The lowest BCUT2D eigenvalue weighted by molar-refractivity contribution is -0.141. The van der Waals surface area contributed by atoms with E-state index in [-0.39, 0.29) is 29.6 Å². The van der Waals surface area contributed by atoms with Gasteiger partial charge in [-0.3, -0.25) is 9.59 Å². The summed E-state index contributed by atoms with van der Waals surface area (Å²) in [5.74, 6) is 0.673. The lowest BCUT2D eigenvalue weighted by Gasteiger charge is -2.40. The second-order valence-electron chi connectivity index (χ2n) is 8.01. The molecule has 7 heteroatoms. The number of fused-ring (bicyclic) bond motifs is 2. The third-order valence-electron chi connectivity index (χ3n) is 6.18. The van der Waals surface area contributed by atoms with Gasteiger partial charge in [0.2, 0.25) is 11.8 Å². The Hall–Kier alpha value is -2.15. The SMILES string of the molecule is O=C1C[C@@H]2CCN(C(=O)C3CCOCC3)C[C@@H]2CCOc2ccc(F)cc2N1. The molecule has 0 bridgehead atoms. The van der Waals surface area contributed by atoms with Crippen molar-refractivity contribution in [1.82, 2.24) is 4.90 Å². The summed E-state index contributed by atoms with van der Waals surface area (Å²) in [5.41, 5.74) is 0.385. The Balaban J connectivity index is 1.44. The number of nitrogens with one attached hydrogen (secondary N) is 1. The highest BCUT2D eigenvalue weighted by Gasteiger charge is 2.35. The number of hydrogen-bond acceptors (Lipinski definition) is 4. The number of ether oxygens (including phenoxy) is 2. The van der Waals surface area contributed by atoms with E-state index in [0.29, 0.717) is 50.8 Å². The summed E-state index contributed by atoms with van der Waals surface area (Å²) in [6, 6.07) is 4.17. The molecule has 3 aliphatic rings. The van der Waals surface area contributed by atoms with Crippen molar-refractivity contribution in [3.63, 3.8) is 0 Å². The molecule has 1 N–H and O–H groups in total. The van der Waals surface area contributed by atoms with Gasteiger partial charge in [0.15, 0.2) is 0 Å². The number of rotatable bonds is 1. The maximum Gasteiger partial charge on any atom is 0.225 e. The first-order valence-electron chi connectivity index (χ1n) is 10.2. The van der Waals surface area contributed by atoms with E-state index in [4.69, 9.17) is 9.47 Å². The predicted molar refractivity (Wildman–Crippen MR) is 101 cm³/mol. The fraction of sp³-hybridized carbons (Fsp3) is 0.619. The largest absolute Gasteiger partial charge is 0.491 e. The first-order chi connectivity index (χ1) is 13.6. The minimum atomic E-state index is -0.405. The zero-order valence-corrected chi connectivity index (χ0v) is 16.0. The highest BCUT2D eigenvalue weighted by molar-refractivity contribution is 5.92. The van der Waals surface area contributed by atoms with Crippen LogP contribution in [0.5, 0.6) is 5.75 Å². The molecule has 2 saturated heterocycles. The summed E-state index contributed by atoms with van der Waals surface area (Å²) in [4.78, 5) is 27.4. The van der Waals surface area contributed by atoms with Crippen LogP contribution in [0.2, 0.25) is 0 Å². The van der Waals surface area contributed by atoms with Gasteiger partial charge in [-0.15, -0.1) is 0 Å². The number of carbonyl (C=O) groups excluding carboxylic acids is 2. The Morgan fingerprint density at radius 3 is 2.75 bits per heavy atom. The lowest BCUT2D eigenvalue weighted by Crippen LogP contribution is -2.48. The van der Waals surface area contributed by atoms with Gasteiger partial charge >= 0.3 is 0 Å². The molecule has 3 aliphatic heterocycles. The average Bonchev–Trinajstić information content (AvgIpc) is 2.70. The average molecular weight is 390 g/mol. The van der Waals surface area contributed by atoms with Crippen molar-refractivity contribution < 1.29 is 23.5 Å². The van der Waals surface area contributed by atoms with E-state index in [2.05, 4.69) is 5.32 Å². The summed E-state index contributed by atoms with van der Waals surface area (Å²) in [6.45, 7) is 3.16. The quantitative estimate of drug-likeness (QED) is 0.801. The van der Waals surface area contributed by atoms with Crippen molar-refractivity contribution in [1.29, 1.82) is 0 Å². The van der Waals surface area contributed by atoms with Crippen molar-refractivity contribution in [2.24, 2.45) is 17.8 Å². The van der Waals surface area contributed by atoms with Crippen molar-refractivity contribution >= 4 is 17.5 Å². The number of benzene rings is 1. The molecule has 2 fully saturated rings. The number of nitrogens with zero attached hydrogens (tertiary/aromatic N) is 1. The molecule has 0 radical (unpaired) electrons. The van der Waals surface area contributed by atoms with Crippen LogP contribution in [-0.2, 0) is 14.3 Å². The molecule has 0 saturated carbocycles. The molecule has 4 rings (SSSR count).